The second-order valence-electron chi connectivity index (χ2n) is 6.88. The summed E-state index contributed by atoms with van der Waals surface area (Å²) in [6.45, 7) is 2.10. The quantitative estimate of drug-likeness (QED) is 0.732. The maximum Gasteiger partial charge on any atom is 0.119 e. The summed E-state index contributed by atoms with van der Waals surface area (Å²) in [6, 6.07) is 14.7. The van der Waals surface area contributed by atoms with Crippen molar-refractivity contribution in [3.05, 3.63) is 64.2 Å². The normalized spacial score (nSPS) is 25.8. The maximum atomic E-state index is 6.28. The van der Waals surface area contributed by atoms with E-state index in [0.717, 1.165) is 29.0 Å². The second kappa shape index (κ2) is 5.62. The van der Waals surface area contributed by atoms with Crippen molar-refractivity contribution >= 4 is 11.6 Å². The summed E-state index contributed by atoms with van der Waals surface area (Å²) >= 11 is 6.28. The predicted octanol–water partition coefficient (Wildman–Crippen LogP) is 5.42. The first kappa shape index (κ1) is 14.1. The van der Waals surface area contributed by atoms with Crippen LogP contribution >= 0.6 is 11.6 Å². The molecule has 2 aromatic rings. The van der Waals surface area contributed by atoms with Crippen molar-refractivity contribution in [2.45, 2.75) is 38.7 Å². The molecule has 0 saturated heterocycles. The van der Waals surface area contributed by atoms with E-state index in [1.54, 1.807) is 0 Å². The summed E-state index contributed by atoms with van der Waals surface area (Å²) in [4.78, 5) is 0. The summed E-state index contributed by atoms with van der Waals surface area (Å²) in [5.74, 6) is 2.94. The van der Waals surface area contributed by atoms with E-state index in [0.29, 0.717) is 6.10 Å². The van der Waals surface area contributed by atoms with Gasteiger partial charge in [0.25, 0.3) is 0 Å². The first-order valence-electron chi connectivity index (χ1n) is 8.18. The molecule has 2 heteroatoms. The molecule has 2 aromatic carbocycles. The average molecular weight is 313 g/mol. The molecule has 2 aliphatic rings. The molecule has 0 radical (unpaired) electrons. The lowest BCUT2D eigenvalue weighted by Gasteiger charge is -2.15. The molecule has 0 heterocycles. The number of fused-ring (bicyclic) bond motifs is 1. The summed E-state index contributed by atoms with van der Waals surface area (Å²) in [5, 5.41) is 0.844. The van der Waals surface area contributed by atoms with Crippen LogP contribution in [0.4, 0.5) is 0 Å². The predicted molar refractivity (Wildman–Crippen MR) is 90.7 cm³/mol. The van der Waals surface area contributed by atoms with E-state index in [1.165, 1.54) is 36.0 Å². The molecule has 0 aliphatic heterocycles. The highest BCUT2D eigenvalue weighted by molar-refractivity contribution is 6.31. The maximum absolute atomic E-state index is 6.28. The molecule has 0 amide bonds. The van der Waals surface area contributed by atoms with Gasteiger partial charge in [-0.3, -0.25) is 0 Å². The Hall–Kier alpha value is -1.47. The average Bonchev–Trinajstić information content (AvgIpc) is 3.12. The van der Waals surface area contributed by atoms with Crippen LogP contribution < -0.4 is 4.74 Å². The van der Waals surface area contributed by atoms with Crippen molar-refractivity contribution in [2.75, 3.05) is 0 Å². The van der Waals surface area contributed by atoms with E-state index in [-0.39, 0.29) is 0 Å². The van der Waals surface area contributed by atoms with E-state index in [1.807, 2.05) is 6.07 Å². The Morgan fingerprint density at radius 1 is 1.00 bits per heavy atom. The van der Waals surface area contributed by atoms with Crippen LogP contribution in [0.3, 0.4) is 0 Å². The van der Waals surface area contributed by atoms with Gasteiger partial charge in [-0.2, -0.15) is 0 Å². The minimum absolute atomic E-state index is 0.445. The molecule has 4 rings (SSSR count). The zero-order chi connectivity index (χ0) is 15.1. The molecule has 22 heavy (non-hydrogen) atoms. The minimum Gasteiger partial charge on any atom is -0.490 e. The number of hydrogen-bond donors (Lipinski definition) is 0. The summed E-state index contributed by atoms with van der Waals surface area (Å²) in [6.07, 6.45) is 5.27. The standard InChI is InChI=1S/C20H21ClO/c1-13-2-7-20(21)17(8-13)9-14-3-5-18(6-4-14)22-19-11-15-10-16(15)12-19/h2-8,15-16,19H,9-12H2,1H3/t15-,16+,19+. The van der Waals surface area contributed by atoms with Gasteiger partial charge in [0.15, 0.2) is 0 Å². The molecule has 3 atom stereocenters. The third kappa shape index (κ3) is 3.01. The number of hydrogen-bond acceptors (Lipinski definition) is 1. The fourth-order valence-electron chi connectivity index (χ4n) is 3.69. The summed E-state index contributed by atoms with van der Waals surface area (Å²) in [7, 11) is 0. The summed E-state index contributed by atoms with van der Waals surface area (Å²) < 4.78 is 6.10. The van der Waals surface area contributed by atoms with Crippen LogP contribution in [0.1, 0.15) is 36.0 Å². The lowest BCUT2D eigenvalue weighted by atomic mass is 10.0. The summed E-state index contributed by atoms with van der Waals surface area (Å²) in [5.41, 5.74) is 3.71. The largest absolute Gasteiger partial charge is 0.490 e. The SMILES string of the molecule is Cc1ccc(Cl)c(Cc2ccc(O[C@@H]3C[C@@H]4C[C@@H]4C3)cc2)c1. The number of benzene rings is 2. The van der Waals surface area contributed by atoms with Gasteiger partial charge in [0.2, 0.25) is 0 Å². The minimum atomic E-state index is 0.445. The zero-order valence-corrected chi connectivity index (χ0v) is 13.6. The molecule has 0 unspecified atom stereocenters. The molecular formula is C20H21ClO. The Morgan fingerprint density at radius 2 is 1.73 bits per heavy atom. The van der Waals surface area contributed by atoms with Crippen molar-refractivity contribution in [1.82, 2.24) is 0 Å². The van der Waals surface area contributed by atoms with Crippen LogP contribution in [0, 0.1) is 18.8 Å². The molecule has 0 aromatic heterocycles. The highest BCUT2D eigenvalue weighted by atomic mass is 35.5. The fourth-order valence-corrected chi connectivity index (χ4v) is 3.88. The molecule has 114 valence electrons. The second-order valence-corrected chi connectivity index (χ2v) is 7.29. The Kier molecular flexibility index (Phi) is 3.62. The van der Waals surface area contributed by atoms with Crippen LogP contribution in [0.25, 0.3) is 0 Å². The van der Waals surface area contributed by atoms with Gasteiger partial charge in [-0.25, -0.2) is 0 Å². The van der Waals surface area contributed by atoms with Gasteiger partial charge < -0.3 is 4.74 Å². The Balaban J connectivity index is 1.41. The molecule has 0 N–H and O–H groups in total. The van der Waals surface area contributed by atoms with Crippen LogP contribution in [-0.2, 0) is 6.42 Å². The topological polar surface area (TPSA) is 9.23 Å². The third-order valence-electron chi connectivity index (χ3n) is 5.02. The van der Waals surface area contributed by atoms with Crippen molar-refractivity contribution in [2.24, 2.45) is 11.8 Å². The first-order chi connectivity index (χ1) is 10.7. The Bertz CT molecular complexity index is 667. The number of rotatable bonds is 4. The van der Waals surface area contributed by atoms with Gasteiger partial charge in [0.05, 0.1) is 6.10 Å². The van der Waals surface area contributed by atoms with Crippen molar-refractivity contribution in [3.63, 3.8) is 0 Å². The van der Waals surface area contributed by atoms with E-state index >= 15 is 0 Å². The van der Waals surface area contributed by atoms with Crippen LogP contribution in [0.15, 0.2) is 42.5 Å². The molecular weight excluding hydrogens is 292 g/mol. The van der Waals surface area contributed by atoms with Crippen molar-refractivity contribution < 1.29 is 4.74 Å². The highest BCUT2D eigenvalue weighted by Gasteiger charge is 2.46. The molecule has 2 fully saturated rings. The van der Waals surface area contributed by atoms with Gasteiger partial charge in [0.1, 0.15) is 5.75 Å². The van der Waals surface area contributed by atoms with E-state index < -0.39 is 0 Å². The molecule has 2 aliphatic carbocycles. The van der Waals surface area contributed by atoms with E-state index in [2.05, 4.69) is 43.3 Å². The van der Waals surface area contributed by atoms with E-state index in [4.69, 9.17) is 16.3 Å². The molecule has 0 spiro atoms. The Labute approximate surface area is 137 Å². The van der Waals surface area contributed by atoms with Crippen LogP contribution in [-0.4, -0.2) is 6.10 Å². The van der Waals surface area contributed by atoms with Crippen LogP contribution in [0.2, 0.25) is 5.02 Å². The van der Waals surface area contributed by atoms with Crippen molar-refractivity contribution in [3.8, 4) is 5.75 Å². The van der Waals surface area contributed by atoms with Gasteiger partial charge >= 0.3 is 0 Å². The highest BCUT2D eigenvalue weighted by Crippen LogP contribution is 2.52. The van der Waals surface area contributed by atoms with Gasteiger partial charge in [-0.15, -0.1) is 0 Å². The molecule has 0 bridgehead atoms. The van der Waals surface area contributed by atoms with Gasteiger partial charge in [-0.05, 0) is 73.8 Å². The van der Waals surface area contributed by atoms with Gasteiger partial charge in [-0.1, -0.05) is 41.4 Å². The number of aryl methyl sites for hydroxylation is 1. The van der Waals surface area contributed by atoms with E-state index in [9.17, 15) is 0 Å². The number of halogens is 1. The monoisotopic (exact) mass is 312 g/mol. The Morgan fingerprint density at radius 3 is 2.45 bits per heavy atom. The zero-order valence-electron chi connectivity index (χ0n) is 12.9. The van der Waals surface area contributed by atoms with Crippen LogP contribution in [0.5, 0.6) is 5.75 Å². The molecule has 2 saturated carbocycles. The lowest BCUT2D eigenvalue weighted by Crippen LogP contribution is -2.13. The third-order valence-corrected chi connectivity index (χ3v) is 5.39. The number of ether oxygens (including phenoxy) is 1. The molecule has 1 nitrogen and oxygen atoms in total. The van der Waals surface area contributed by atoms with Crippen molar-refractivity contribution in [1.29, 1.82) is 0 Å². The van der Waals surface area contributed by atoms with Gasteiger partial charge in [0, 0.05) is 5.02 Å². The smallest absolute Gasteiger partial charge is 0.119 e. The fraction of sp³-hybridized carbons (Fsp3) is 0.400. The first-order valence-corrected chi connectivity index (χ1v) is 8.56. The lowest BCUT2D eigenvalue weighted by molar-refractivity contribution is 0.194.